The van der Waals surface area contributed by atoms with Gasteiger partial charge in [0, 0.05) is 19.2 Å². The summed E-state index contributed by atoms with van der Waals surface area (Å²) in [7, 11) is 2.02. The van der Waals surface area contributed by atoms with Crippen LogP contribution in [0.5, 0.6) is 0 Å². The number of nitrogens with zero attached hydrogens (tertiary/aromatic N) is 4. The van der Waals surface area contributed by atoms with Gasteiger partial charge in [0.25, 0.3) is 0 Å². The minimum absolute atomic E-state index is 0.525. The fraction of sp³-hybridized carbons (Fsp3) is 0.267. The van der Waals surface area contributed by atoms with E-state index in [2.05, 4.69) is 20.8 Å². The zero-order valence-corrected chi connectivity index (χ0v) is 11.9. The summed E-state index contributed by atoms with van der Waals surface area (Å²) in [5.41, 5.74) is 11.6. The van der Waals surface area contributed by atoms with Crippen molar-refractivity contribution in [2.75, 3.05) is 0 Å². The van der Waals surface area contributed by atoms with Gasteiger partial charge in [-0.1, -0.05) is 6.07 Å². The third-order valence-corrected chi connectivity index (χ3v) is 3.52. The molecule has 0 saturated carbocycles. The first-order valence-electron chi connectivity index (χ1n) is 6.57. The van der Waals surface area contributed by atoms with Gasteiger partial charge in [-0.3, -0.25) is 0 Å². The lowest BCUT2D eigenvalue weighted by Crippen LogP contribution is -1.99. The monoisotopic (exact) mass is 267 g/mol. The third kappa shape index (κ3) is 1.96. The van der Waals surface area contributed by atoms with Crippen molar-refractivity contribution in [2.24, 2.45) is 12.8 Å². The van der Waals surface area contributed by atoms with Crippen molar-refractivity contribution in [3.8, 4) is 11.4 Å². The average Bonchev–Trinajstić information content (AvgIpc) is 2.78. The summed E-state index contributed by atoms with van der Waals surface area (Å²) in [4.78, 5) is 4.73. The lowest BCUT2D eigenvalue weighted by atomic mass is 10.2. The van der Waals surface area contributed by atoms with Crippen LogP contribution in [-0.2, 0) is 13.6 Å². The van der Waals surface area contributed by atoms with E-state index in [1.165, 1.54) is 0 Å². The van der Waals surface area contributed by atoms with E-state index in [0.29, 0.717) is 6.54 Å². The Morgan fingerprint density at radius 1 is 1.15 bits per heavy atom. The third-order valence-electron chi connectivity index (χ3n) is 3.52. The maximum atomic E-state index is 5.69. The van der Waals surface area contributed by atoms with Gasteiger partial charge in [0.15, 0.2) is 0 Å². The summed E-state index contributed by atoms with van der Waals surface area (Å²) in [5.74, 6) is 0.907. The van der Waals surface area contributed by atoms with Crippen molar-refractivity contribution >= 4 is 11.0 Å². The molecule has 20 heavy (non-hydrogen) atoms. The van der Waals surface area contributed by atoms with E-state index in [9.17, 15) is 0 Å². The summed E-state index contributed by atoms with van der Waals surface area (Å²) < 4.78 is 2.08. The molecule has 2 N–H and O–H groups in total. The number of aromatic nitrogens is 4. The van der Waals surface area contributed by atoms with Crippen molar-refractivity contribution in [3.05, 3.63) is 41.2 Å². The second-order valence-corrected chi connectivity index (χ2v) is 5.01. The van der Waals surface area contributed by atoms with Crippen molar-refractivity contribution in [2.45, 2.75) is 20.4 Å². The zero-order valence-electron chi connectivity index (χ0n) is 11.9. The van der Waals surface area contributed by atoms with E-state index in [0.717, 1.165) is 39.4 Å². The Balaban J connectivity index is 2.26. The summed E-state index contributed by atoms with van der Waals surface area (Å²) in [6, 6.07) is 8.16. The quantitative estimate of drug-likeness (QED) is 0.772. The highest BCUT2D eigenvalue weighted by Gasteiger charge is 2.13. The second-order valence-electron chi connectivity index (χ2n) is 5.01. The molecule has 0 fully saturated rings. The number of hydrogen-bond donors (Lipinski definition) is 1. The first-order valence-corrected chi connectivity index (χ1v) is 6.57. The Hall–Kier alpha value is -2.27. The van der Waals surface area contributed by atoms with E-state index in [1.54, 1.807) is 0 Å². The summed E-state index contributed by atoms with van der Waals surface area (Å²) >= 11 is 0. The lowest BCUT2D eigenvalue weighted by Gasteiger charge is -2.05. The Bertz CT molecular complexity index is 788. The molecule has 0 bridgehead atoms. The molecular formula is C15H17N5. The summed E-state index contributed by atoms with van der Waals surface area (Å²) in [6.45, 7) is 4.41. The fourth-order valence-corrected chi connectivity index (χ4v) is 2.39. The van der Waals surface area contributed by atoms with Crippen LogP contribution >= 0.6 is 0 Å². The lowest BCUT2D eigenvalue weighted by molar-refractivity contribution is 0.915. The number of imidazole rings is 1. The van der Waals surface area contributed by atoms with Crippen LogP contribution in [0, 0.1) is 13.8 Å². The molecule has 5 heteroatoms. The molecule has 0 unspecified atom stereocenters. The van der Waals surface area contributed by atoms with Crippen LogP contribution in [0.2, 0.25) is 0 Å². The minimum atomic E-state index is 0.525. The summed E-state index contributed by atoms with van der Waals surface area (Å²) in [6.07, 6.45) is 0. The molecule has 3 rings (SSSR count). The van der Waals surface area contributed by atoms with Gasteiger partial charge in [0.05, 0.1) is 22.4 Å². The molecule has 2 heterocycles. The van der Waals surface area contributed by atoms with Gasteiger partial charge in [0.2, 0.25) is 0 Å². The van der Waals surface area contributed by atoms with Gasteiger partial charge in [-0.05, 0) is 37.6 Å². The first-order chi connectivity index (χ1) is 9.60. The van der Waals surface area contributed by atoms with Gasteiger partial charge < -0.3 is 10.3 Å². The number of fused-ring (bicyclic) bond motifs is 1. The predicted octanol–water partition coefficient (Wildman–Crippen LogP) is 2.11. The first kappa shape index (κ1) is 12.7. The number of benzene rings is 1. The van der Waals surface area contributed by atoms with Crippen molar-refractivity contribution < 1.29 is 0 Å². The molecule has 0 amide bonds. The molecule has 102 valence electrons. The maximum Gasteiger partial charge on any atom is 0.142 e. The molecular weight excluding hydrogens is 250 g/mol. The number of rotatable bonds is 2. The van der Waals surface area contributed by atoms with Gasteiger partial charge in [-0.25, -0.2) is 4.98 Å². The normalized spacial score (nSPS) is 11.2. The minimum Gasteiger partial charge on any atom is -0.327 e. The van der Waals surface area contributed by atoms with E-state index in [-0.39, 0.29) is 0 Å². The van der Waals surface area contributed by atoms with Gasteiger partial charge in [-0.2, -0.15) is 10.2 Å². The van der Waals surface area contributed by atoms with Gasteiger partial charge in [-0.15, -0.1) is 0 Å². The van der Waals surface area contributed by atoms with Crippen molar-refractivity contribution in [3.63, 3.8) is 0 Å². The number of hydrogen-bond acceptors (Lipinski definition) is 4. The van der Waals surface area contributed by atoms with Crippen LogP contribution in [0.25, 0.3) is 22.4 Å². The van der Waals surface area contributed by atoms with E-state index in [4.69, 9.17) is 10.7 Å². The van der Waals surface area contributed by atoms with Crippen LogP contribution in [-0.4, -0.2) is 19.7 Å². The van der Waals surface area contributed by atoms with Crippen LogP contribution in [0.15, 0.2) is 24.3 Å². The molecule has 3 aromatic rings. The summed E-state index contributed by atoms with van der Waals surface area (Å²) in [5, 5.41) is 8.25. The molecule has 0 atom stereocenters. The molecule has 0 spiro atoms. The smallest absolute Gasteiger partial charge is 0.142 e. The van der Waals surface area contributed by atoms with E-state index in [1.807, 2.05) is 39.1 Å². The Kier molecular flexibility index (Phi) is 2.99. The number of aryl methyl sites for hydroxylation is 3. The molecule has 2 aromatic heterocycles. The average molecular weight is 267 g/mol. The van der Waals surface area contributed by atoms with Gasteiger partial charge in [0.1, 0.15) is 5.82 Å². The molecule has 5 nitrogen and oxygen atoms in total. The van der Waals surface area contributed by atoms with E-state index < -0.39 is 0 Å². The van der Waals surface area contributed by atoms with Crippen LogP contribution in [0.4, 0.5) is 0 Å². The van der Waals surface area contributed by atoms with Crippen molar-refractivity contribution in [1.29, 1.82) is 0 Å². The topological polar surface area (TPSA) is 69.6 Å². The largest absolute Gasteiger partial charge is 0.327 e. The van der Waals surface area contributed by atoms with Crippen molar-refractivity contribution in [1.82, 2.24) is 19.7 Å². The second kappa shape index (κ2) is 4.68. The standard InChI is InChI=1S/C15H17N5/c1-9-6-12(10(2)19-18-9)15-17-13-7-11(8-16)4-5-14(13)20(15)3/h4-7H,8,16H2,1-3H3. The number of nitrogens with two attached hydrogens (primary N) is 1. The fourth-order valence-electron chi connectivity index (χ4n) is 2.39. The Morgan fingerprint density at radius 3 is 2.70 bits per heavy atom. The van der Waals surface area contributed by atoms with Crippen LogP contribution < -0.4 is 5.73 Å². The van der Waals surface area contributed by atoms with Crippen LogP contribution in [0.1, 0.15) is 17.0 Å². The van der Waals surface area contributed by atoms with Gasteiger partial charge >= 0.3 is 0 Å². The van der Waals surface area contributed by atoms with Crippen LogP contribution in [0.3, 0.4) is 0 Å². The SMILES string of the molecule is Cc1cc(-c2nc3cc(CN)ccc3n2C)c(C)nn1. The highest BCUT2D eigenvalue weighted by atomic mass is 15.1. The predicted molar refractivity (Wildman–Crippen MR) is 79.1 cm³/mol. The highest BCUT2D eigenvalue weighted by molar-refractivity contribution is 5.81. The Labute approximate surface area is 117 Å². The molecule has 0 aliphatic rings. The molecule has 0 aliphatic carbocycles. The maximum absolute atomic E-state index is 5.69. The van der Waals surface area contributed by atoms with E-state index >= 15 is 0 Å². The molecule has 1 aromatic carbocycles. The molecule has 0 radical (unpaired) electrons. The zero-order chi connectivity index (χ0) is 14.3. The molecule has 0 saturated heterocycles. The highest BCUT2D eigenvalue weighted by Crippen LogP contribution is 2.26. The Morgan fingerprint density at radius 2 is 1.95 bits per heavy atom. The molecule has 0 aliphatic heterocycles.